The van der Waals surface area contributed by atoms with Crippen LogP contribution in [0.3, 0.4) is 0 Å². The van der Waals surface area contributed by atoms with Crippen LogP contribution in [-0.4, -0.2) is 55.0 Å². The summed E-state index contributed by atoms with van der Waals surface area (Å²) in [6.45, 7) is 53.0. The van der Waals surface area contributed by atoms with Crippen molar-refractivity contribution in [2.75, 3.05) is 0 Å². The first-order valence-electron chi connectivity index (χ1n) is 25.9. The van der Waals surface area contributed by atoms with Crippen molar-refractivity contribution >= 4 is 410 Å². The van der Waals surface area contributed by atoms with Crippen molar-refractivity contribution in [1.29, 1.82) is 10.5 Å². The van der Waals surface area contributed by atoms with Gasteiger partial charge in [0, 0.05) is 349 Å². The molecule has 52 heteroatoms. The fraction of sp³-hybridized carbons (Fsp3) is 0.375. The molecule has 0 radical (unpaired) electrons. The molecule has 3 saturated heterocycles. The lowest BCUT2D eigenvalue weighted by Crippen LogP contribution is -2.41. The van der Waals surface area contributed by atoms with Crippen molar-refractivity contribution in [3.05, 3.63) is 134 Å². The molecule has 3 aliphatic heterocycles. The van der Waals surface area contributed by atoms with E-state index in [9.17, 15) is 0 Å². The van der Waals surface area contributed by atoms with Crippen molar-refractivity contribution in [3.63, 3.8) is 0 Å². The molecular weight excluding hydrogens is 2020 g/mol. The van der Waals surface area contributed by atoms with Gasteiger partial charge in [0.05, 0.1) is 72.0 Å². The normalized spacial score (nSPS) is 14.6. The molecule has 4 aromatic carbocycles. The summed E-state index contributed by atoms with van der Waals surface area (Å²) in [5.41, 5.74) is 3.54. The third kappa shape index (κ3) is 35.7. The minimum absolute atomic E-state index is 0.283. The van der Waals surface area contributed by atoms with Crippen LogP contribution in [0, 0.1) is 49.0 Å². The van der Waals surface area contributed by atoms with Gasteiger partial charge in [-0.1, -0.05) is 64.5 Å². The highest BCUT2D eigenvalue weighted by Gasteiger charge is 2.54. The molecule has 0 aliphatic carbocycles. The quantitative estimate of drug-likeness (QED) is 0.142. The molecule has 12 nitrogen and oxygen atoms in total. The zero-order chi connectivity index (χ0) is 74.8. The van der Waals surface area contributed by atoms with Gasteiger partial charge in [0.15, 0.2) is 22.7 Å². The van der Waals surface area contributed by atoms with E-state index in [1.807, 2.05) is 82.3 Å². The Kier molecular flexibility index (Phi) is 53.0. The lowest BCUT2D eigenvalue weighted by Gasteiger charge is -2.32. The first-order valence-corrected chi connectivity index (χ1v) is 70.7. The van der Waals surface area contributed by atoms with Gasteiger partial charge >= 0.3 is 21.4 Å². The number of benzene rings is 4. The second-order valence-corrected chi connectivity index (χ2v) is 74.4. The van der Waals surface area contributed by atoms with E-state index in [-0.39, 0.29) is 48.0 Å². The summed E-state index contributed by atoms with van der Waals surface area (Å²) < 4.78 is 37.2. The first-order chi connectivity index (χ1) is 47.5. The first kappa shape index (κ1) is 98.3. The molecule has 3 heterocycles. The highest BCUT2D eigenvalue weighted by atomic mass is 79.9. The molecule has 0 saturated carbocycles. The summed E-state index contributed by atoms with van der Waals surface area (Å²) in [6, 6.07) is 25.4. The second kappa shape index (κ2) is 54.0. The van der Waals surface area contributed by atoms with Gasteiger partial charge in [-0.05, 0) is 135 Å². The Morgan fingerprint density at radius 3 is 0.770 bits per heavy atom. The van der Waals surface area contributed by atoms with Crippen molar-refractivity contribution < 1.29 is 27.9 Å². The molecule has 3 fully saturated rings. The van der Waals surface area contributed by atoms with Gasteiger partial charge in [-0.25, -0.2) is 19.4 Å². The van der Waals surface area contributed by atoms with Crippen LogP contribution < -0.4 is 16.4 Å². The maximum absolute atomic E-state index is 9.14. The van der Waals surface area contributed by atoms with Gasteiger partial charge in [0.2, 0.25) is 0 Å². The van der Waals surface area contributed by atoms with Crippen molar-refractivity contribution in [2.24, 2.45) is 0 Å². The largest absolute Gasteiger partial charge is 0.494 e. The lowest BCUT2D eigenvalue weighted by molar-refractivity contribution is 0.00578. The van der Waals surface area contributed by atoms with Crippen LogP contribution >= 0.6 is 15.9 Å². The Hall–Kier alpha value is 2.17. The number of halogens is 1. The average Bonchev–Trinajstić information content (AvgIpc) is 1.61. The highest BCUT2D eigenvalue weighted by Crippen LogP contribution is 2.42. The van der Waals surface area contributed by atoms with Crippen molar-refractivity contribution in [2.45, 2.75) is 117 Å². The molecular formula is C48H48B3BrN6O6S36. The van der Waals surface area contributed by atoms with E-state index in [0.717, 1.165) is 22.0 Å². The van der Waals surface area contributed by atoms with Crippen LogP contribution in [-0.2, 0) is 361 Å². The Morgan fingerprint density at radius 2 is 0.550 bits per heavy atom. The fourth-order valence-electron chi connectivity index (χ4n) is 6.87. The number of hydrogen-bond donors (Lipinski definition) is 0. The van der Waals surface area contributed by atoms with Crippen LogP contribution in [0.5, 0.6) is 0 Å². The minimum atomic E-state index is -0.527. The summed E-state index contributed by atoms with van der Waals surface area (Å²) in [5, 5.41) is 17.7. The standard InChI is InChI=1S/C21H18BN3O2.C18H28B2O4.C9H2BrN3.S13.S12.S11/c1-20(2)21(3,4)27-22(26-20)16-9-7-8-15(12-16)19-17(24-5)10-14(13-23)11-18(19)25-6;1-15(2)16(3,4)22-19(21-15)13-10-9-11-14(12-13)20-23-17(5,6)18(7,8)24-20;1-12-7-3-6(5-11)4-8(13-2)9(7)10;1-3-5-7-9-11-13-12-10-8-6-4-2;1-3-5-7-9-11-12-10-8-6-4-2;1-3-5-7-9-11-10-8-6-4-2/h7-12H,1-4H3;9-12H,1-8H3;3-4H;;;. The summed E-state index contributed by atoms with van der Waals surface area (Å²) in [7, 11) is 47.6. The predicted molar refractivity (Wildman–Crippen MR) is 519 cm³/mol. The van der Waals surface area contributed by atoms with Gasteiger partial charge in [-0.2, -0.15) is 10.5 Å². The third-order valence-electron chi connectivity index (χ3n) is 13.3. The molecule has 538 valence electrons. The van der Waals surface area contributed by atoms with E-state index < -0.39 is 18.3 Å². The van der Waals surface area contributed by atoms with Gasteiger partial charge in [0.1, 0.15) is 0 Å². The smallest absolute Gasteiger partial charge is 0.399 e. The van der Waals surface area contributed by atoms with Crippen molar-refractivity contribution in [3.8, 4) is 23.3 Å². The van der Waals surface area contributed by atoms with Crippen LogP contribution in [0.1, 0.15) is 94.2 Å². The molecule has 7 rings (SSSR count). The molecule has 0 atom stereocenters. The van der Waals surface area contributed by atoms with Gasteiger partial charge in [0.25, 0.3) is 0 Å². The number of rotatable bonds is 4. The Bertz CT molecular complexity index is 5170. The fourth-order valence-corrected chi connectivity index (χ4v) is 73.1. The Balaban J connectivity index is 0.000000426. The Morgan fingerprint density at radius 1 is 0.340 bits per heavy atom. The molecule has 0 spiro atoms. The van der Waals surface area contributed by atoms with Gasteiger partial charge < -0.3 is 27.9 Å². The van der Waals surface area contributed by atoms with Crippen LogP contribution in [0.15, 0.2) is 77.3 Å². The average molecular weight is 2070 g/mol. The number of hydrogen-bond acceptors (Lipinski definition) is 14. The summed E-state index contributed by atoms with van der Waals surface area (Å²) in [5.74, 6) is 0. The molecule has 0 aromatic heterocycles. The summed E-state index contributed by atoms with van der Waals surface area (Å²) in [4.78, 5) is 13.5. The molecule has 0 N–H and O–H groups in total. The Labute approximate surface area is 709 Å². The molecule has 0 bridgehead atoms. The molecule has 0 unspecified atom stereocenters. The van der Waals surface area contributed by atoms with Crippen LogP contribution in [0.25, 0.3) is 30.5 Å². The van der Waals surface area contributed by atoms with Crippen molar-refractivity contribution in [1.82, 2.24) is 0 Å². The SMILES string of the molecule is CC1(C)OB(c2cccc(B3OC(C)(C)C(C)(C)O3)c2)OC1(C)C.S=S=S=S=S=S=S=S=S=S=S.S=S=S=S=S=S=S=S=S=S=S=S.S=S=S=S=S=S=S=S=S=S=S=S=S.[C-]#[N+]c1cc(C#N)cc([N+]#[C-])c1-c1cccc(B2OC(C)(C)C(C)(C)O2)c1.[C-]#[N+]c1cc(C#N)cc([N+]#[C-])c1Br. The molecule has 4 aromatic rings. The summed E-state index contributed by atoms with van der Waals surface area (Å²) >= 11 is 31.3. The maximum atomic E-state index is 9.14. The number of nitriles is 2. The van der Waals surface area contributed by atoms with E-state index in [1.54, 1.807) is 213 Å². The van der Waals surface area contributed by atoms with Crippen LogP contribution in [0.2, 0.25) is 0 Å². The predicted octanol–water partition coefficient (Wildman–Crippen LogP) is 10.2. The molecule has 3 aliphatic rings. The highest BCUT2D eigenvalue weighted by molar-refractivity contribution is 9.10. The number of nitrogens with zero attached hydrogens (tertiary/aromatic N) is 6. The third-order valence-corrected chi connectivity index (χ3v) is 74.1. The second-order valence-electron chi connectivity index (χ2n) is 20.5. The van der Waals surface area contributed by atoms with E-state index in [0.29, 0.717) is 32.5 Å². The summed E-state index contributed by atoms with van der Waals surface area (Å²) in [6.07, 6.45) is 0. The minimum Gasteiger partial charge on any atom is -0.399 e. The molecule has 100 heavy (non-hydrogen) atoms. The van der Waals surface area contributed by atoms with Crippen LogP contribution in [0.4, 0.5) is 22.7 Å². The maximum Gasteiger partial charge on any atom is 0.494 e. The van der Waals surface area contributed by atoms with E-state index in [2.05, 4.69) is 142 Å². The van der Waals surface area contributed by atoms with E-state index >= 15 is 0 Å². The zero-order valence-corrected chi connectivity index (χ0v) is 83.8. The lowest BCUT2D eigenvalue weighted by atomic mass is 9.72. The van der Waals surface area contributed by atoms with Gasteiger partial charge in [-0.3, -0.25) is 0 Å². The van der Waals surface area contributed by atoms with E-state index in [1.165, 1.54) is 77.5 Å². The topological polar surface area (TPSA) is 120 Å². The van der Waals surface area contributed by atoms with Gasteiger partial charge in [-0.15, -0.1) is 0 Å². The zero-order valence-electron chi connectivity index (χ0n) is 52.9. The van der Waals surface area contributed by atoms with E-state index in [4.69, 9.17) is 87.1 Å². The molecule has 0 amide bonds. The monoisotopic (exact) mass is 2070 g/mol.